The van der Waals surface area contributed by atoms with Gasteiger partial charge < -0.3 is 10.2 Å². The number of aryl methyl sites for hydroxylation is 1. The summed E-state index contributed by atoms with van der Waals surface area (Å²) in [6.45, 7) is 4.87. The lowest BCUT2D eigenvalue weighted by molar-refractivity contribution is 0.251. The van der Waals surface area contributed by atoms with Crippen molar-refractivity contribution < 1.29 is 0 Å². The Hall–Kier alpha value is -3.95. The smallest absolute Gasteiger partial charge is 0.261 e. The summed E-state index contributed by atoms with van der Waals surface area (Å²) in [5, 5.41) is 8.20. The molecule has 1 saturated carbocycles. The quantitative estimate of drug-likeness (QED) is 0.250. The predicted octanol–water partition coefficient (Wildman–Crippen LogP) is 6.25. The van der Waals surface area contributed by atoms with E-state index >= 15 is 0 Å². The summed E-state index contributed by atoms with van der Waals surface area (Å²) in [6.07, 6.45) is 8.34. The molecule has 5 aromatic rings. The molecule has 2 fully saturated rings. The zero-order valence-electron chi connectivity index (χ0n) is 23.4. The topological polar surface area (TPSA) is 88.8 Å². The Morgan fingerprint density at radius 2 is 1.90 bits per heavy atom. The number of likely N-dealkylation sites (N-methyl/N-ethyl adjacent to an activating group) is 1. The minimum absolute atomic E-state index is 0.0751. The van der Waals surface area contributed by atoms with Crippen molar-refractivity contribution in [2.75, 3.05) is 25.5 Å². The molecule has 1 atom stereocenters. The van der Waals surface area contributed by atoms with Crippen LogP contribution in [0, 0.1) is 12.8 Å². The first-order chi connectivity index (χ1) is 20.0. The Morgan fingerprint density at radius 1 is 1.05 bits per heavy atom. The predicted molar refractivity (Wildman–Crippen MR) is 165 cm³/mol. The molecule has 1 N–H and O–H groups in total. The molecule has 0 bridgehead atoms. The molecule has 5 heterocycles. The van der Waals surface area contributed by atoms with Gasteiger partial charge >= 0.3 is 0 Å². The van der Waals surface area contributed by atoms with Gasteiger partial charge in [-0.2, -0.15) is 16.3 Å². The first-order valence-corrected chi connectivity index (χ1v) is 15.3. The molecule has 0 spiro atoms. The second kappa shape index (κ2) is 10.8. The van der Waals surface area contributed by atoms with Gasteiger partial charge in [0.15, 0.2) is 5.82 Å². The van der Waals surface area contributed by atoms with E-state index in [1.807, 2.05) is 34.4 Å². The fraction of sp³-hybridized carbons (Fsp3) is 0.344. The van der Waals surface area contributed by atoms with E-state index in [1.165, 1.54) is 24.9 Å². The first kappa shape index (κ1) is 26.0. The van der Waals surface area contributed by atoms with Crippen molar-refractivity contribution in [2.24, 2.45) is 5.92 Å². The van der Waals surface area contributed by atoms with Crippen LogP contribution in [0.4, 0.5) is 11.6 Å². The van der Waals surface area contributed by atoms with E-state index in [-0.39, 0.29) is 5.56 Å². The number of rotatable bonds is 7. The monoisotopic (exact) mass is 563 g/mol. The summed E-state index contributed by atoms with van der Waals surface area (Å²) in [6, 6.07) is 12.5. The van der Waals surface area contributed by atoms with Crippen LogP contribution in [0.3, 0.4) is 0 Å². The van der Waals surface area contributed by atoms with E-state index in [0.29, 0.717) is 47.1 Å². The number of benzene rings is 1. The van der Waals surface area contributed by atoms with E-state index in [2.05, 4.69) is 51.5 Å². The summed E-state index contributed by atoms with van der Waals surface area (Å²) in [7, 11) is 2.20. The Bertz CT molecular complexity index is 1760. The minimum atomic E-state index is -0.0751. The highest BCUT2D eigenvalue weighted by molar-refractivity contribution is 7.08. The van der Waals surface area contributed by atoms with E-state index in [1.54, 1.807) is 23.7 Å². The number of nitrogens with one attached hydrogen (secondary N) is 1. The van der Waals surface area contributed by atoms with Gasteiger partial charge in [0.25, 0.3) is 5.56 Å². The molecule has 1 saturated heterocycles. The van der Waals surface area contributed by atoms with Gasteiger partial charge in [0, 0.05) is 47.5 Å². The van der Waals surface area contributed by atoms with Crippen LogP contribution in [0.5, 0.6) is 0 Å². The van der Waals surface area contributed by atoms with Crippen molar-refractivity contribution in [2.45, 2.75) is 45.1 Å². The summed E-state index contributed by atoms with van der Waals surface area (Å²) in [4.78, 5) is 35.2. The Morgan fingerprint density at radius 3 is 2.66 bits per heavy atom. The third-order valence-corrected chi connectivity index (χ3v) is 8.92. The SMILES string of the molecule is Cc1cnc(-c2ccsc2)nc1-c1cc2cnc(Nc3ccc(C4CCCN(C)C4)cc3)nc2n(CC2CC2)c1=O. The highest BCUT2D eigenvalue weighted by Crippen LogP contribution is 2.32. The van der Waals surface area contributed by atoms with Gasteiger partial charge in [0.2, 0.25) is 5.95 Å². The van der Waals surface area contributed by atoms with E-state index < -0.39 is 0 Å². The second-order valence-corrected chi connectivity index (χ2v) is 12.3. The molecular weight excluding hydrogens is 530 g/mol. The lowest BCUT2D eigenvalue weighted by Gasteiger charge is -2.30. The largest absolute Gasteiger partial charge is 0.324 e. The Balaban J connectivity index is 1.23. The molecule has 41 heavy (non-hydrogen) atoms. The molecule has 1 aliphatic heterocycles. The maximum absolute atomic E-state index is 14.0. The molecule has 1 aliphatic carbocycles. The van der Waals surface area contributed by atoms with Crippen LogP contribution in [-0.2, 0) is 6.54 Å². The number of hydrogen-bond acceptors (Lipinski definition) is 8. The molecule has 2 aliphatic rings. The standard InChI is InChI=1S/C32H33N7OS/c1-20-15-33-29(24-11-13-41-19-24)36-28(20)27-14-25-16-34-32(37-30(25)39(31(27)40)17-21-5-6-21)35-26-9-7-22(8-10-26)23-4-3-12-38(2)18-23/h7-11,13-16,19,21,23H,3-6,12,17-18H2,1-2H3,(H,34,35,37). The van der Waals surface area contributed by atoms with Crippen molar-refractivity contribution >= 4 is 34.0 Å². The van der Waals surface area contributed by atoms with Crippen LogP contribution in [0.2, 0.25) is 0 Å². The Labute approximate surface area is 243 Å². The van der Waals surface area contributed by atoms with Gasteiger partial charge in [-0.25, -0.2) is 15.0 Å². The summed E-state index contributed by atoms with van der Waals surface area (Å²) in [5.41, 5.74) is 5.90. The number of fused-ring (bicyclic) bond motifs is 1. The van der Waals surface area contributed by atoms with Crippen molar-refractivity contribution in [3.05, 3.63) is 81.0 Å². The van der Waals surface area contributed by atoms with Crippen molar-refractivity contribution in [3.63, 3.8) is 0 Å². The average Bonchev–Trinajstić information content (AvgIpc) is 3.64. The highest BCUT2D eigenvalue weighted by atomic mass is 32.1. The maximum Gasteiger partial charge on any atom is 0.261 e. The normalized spacial score (nSPS) is 17.7. The molecule has 7 rings (SSSR count). The highest BCUT2D eigenvalue weighted by Gasteiger charge is 2.25. The third kappa shape index (κ3) is 5.39. The van der Waals surface area contributed by atoms with Gasteiger partial charge in [-0.3, -0.25) is 9.36 Å². The summed E-state index contributed by atoms with van der Waals surface area (Å²) < 4.78 is 1.82. The van der Waals surface area contributed by atoms with Gasteiger partial charge in [-0.1, -0.05) is 12.1 Å². The number of thiophene rings is 1. The molecular formula is C32H33N7OS. The number of nitrogens with zero attached hydrogens (tertiary/aromatic N) is 6. The molecule has 0 amide bonds. The fourth-order valence-corrected chi connectivity index (χ4v) is 6.40. The number of anilines is 2. The van der Waals surface area contributed by atoms with Gasteiger partial charge in [0.05, 0.1) is 11.3 Å². The number of pyridine rings is 1. The first-order valence-electron chi connectivity index (χ1n) is 14.3. The molecule has 4 aromatic heterocycles. The molecule has 0 radical (unpaired) electrons. The Kier molecular flexibility index (Phi) is 6.84. The van der Waals surface area contributed by atoms with E-state index in [9.17, 15) is 4.79 Å². The lowest BCUT2D eigenvalue weighted by atomic mass is 9.91. The summed E-state index contributed by atoms with van der Waals surface area (Å²) in [5.74, 6) is 2.18. The van der Waals surface area contributed by atoms with Gasteiger partial charge in [0.1, 0.15) is 5.65 Å². The number of aromatic nitrogens is 5. The van der Waals surface area contributed by atoms with Crippen LogP contribution in [0.15, 0.2) is 64.3 Å². The number of hydrogen-bond donors (Lipinski definition) is 1. The van der Waals surface area contributed by atoms with Crippen LogP contribution in [0.25, 0.3) is 33.7 Å². The minimum Gasteiger partial charge on any atom is -0.324 e. The maximum atomic E-state index is 14.0. The van der Waals surface area contributed by atoms with Gasteiger partial charge in [-0.15, -0.1) is 0 Å². The van der Waals surface area contributed by atoms with Crippen molar-refractivity contribution in [1.82, 2.24) is 29.4 Å². The zero-order chi connectivity index (χ0) is 27.9. The zero-order valence-corrected chi connectivity index (χ0v) is 24.2. The van der Waals surface area contributed by atoms with E-state index in [0.717, 1.165) is 41.6 Å². The lowest BCUT2D eigenvalue weighted by Crippen LogP contribution is -2.30. The van der Waals surface area contributed by atoms with Crippen LogP contribution in [-0.4, -0.2) is 49.5 Å². The third-order valence-electron chi connectivity index (χ3n) is 8.23. The molecule has 1 unspecified atom stereocenters. The molecule has 1 aromatic carbocycles. The number of piperidine rings is 1. The second-order valence-electron chi connectivity index (χ2n) is 11.5. The molecule has 9 heteroatoms. The van der Waals surface area contributed by atoms with Crippen LogP contribution >= 0.6 is 11.3 Å². The molecule has 8 nitrogen and oxygen atoms in total. The molecule has 208 valence electrons. The summed E-state index contributed by atoms with van der Waals surface area (Å²) >= 11 is 1.60. The van der Waals surface area contributed by atoms with Crippen molar-refractivity contribution in [3.8, 4) is 22.6 Å². The van der Waals surface area contributed by atoms with Crippen LogP contribution < -0.4 is 10.9 Å². The van der Waals surface area contributed by atoms with Gasteiger partial charge in [-0.05, 0) is 98.8 Å². The van der Waals surface area contributed by atoms with Crippen molar-refractivity contribution in [1.29, 1.82) is 0 Å². The van der Waals surface area contributed by atoms with E-state index in [4.69, 9.17) is 9.97 Å². The van der Waals surface area contributed by atoms with Crippen LogP contribution in [0.1, 0.15) is 42.7 Å². The average molecular weight is 564 g/mol. The number of likely N-dealkylation sites (tertiary alicyclic amines) is 1. The fourth-order valence-electron chi connectivity index (χ4n) is 5.77.